The Morgan fingerprint density at radius 1 is 1.65 bits per heavy atom. The third-order valence-electron chi connectivity index (χ3n) is 2.11. The van der Waals surface area contributed by atoms with Crippen LogP contribution in [0.2, 0.25) is 0 Å². The normalized spacial score (nSPS) is 10.4. The molecule has 2 aromatic heterocycles. The highest BCUT2D eigenvalue weighted by atomic mass is 16.5. The Labute approximate surface area is 96.8 Å². The summed E-state index contributed by atoms with van der Waals surface area (Å²) in [5.41, 5.74) is 6.20. The number of aromatic nitrogens is 4. The first kappa shape index (κ1) is 11.1. The van der Waals surface area contributed by atoms with E-state index in [1.165, 1.54) is 11.1 Å². The van der Waals surface area contributed by atoms with Crippen LogP contribution in [0, 0.1) is 0 Å². The molecule has 0 fully saturated rings. The van der Waals surface area contributed by atoms with Crippen LogP contribution in [0.1, 0.15) is 16.3 Å². The maximum Gasteiger partial charge on any atom is 0.273 e. The van der Waals surface area contributed by atoms with Crippen molar-refractivity contribution < 1.29 is 9.32 Å². The Morgan fingerprint density at radius 2 is 2.47 bits per heavy atom. The summed E-state index contributed by atoms with van der Waals surface area (Å²) in [4.78, 5) is 15.5. The number of nitrogen functional groups attached to an aromatic ring is 1. The molecule has 0 aliphatic rings. The Balaban J connectivity index is 1.87. The Bertz CT molecular complexity index is 504. The Kier molecular flexibility index (Phi) is 3.03. The van der Waals surface area contributed by atoms with Gasteiger partial charge in [0.05, 0.1) is 5.69 Å². The molecule has 2 aromatic rings. The highest BCUT2D eigenvalue weighted by molar-refractivity contribution is 5.96. The number of nitrogens with two attached hydrogens (primary N) is 1. The van der Waals surface area contributed by atoms with Crippen LogP contribution in [0.4, 0.5) is 5.69 Å². The van der Waals surface area contributed by atoms with Crippen LogP contribution in [0.3, 0.4) is 0 Å². The summed E-state index contributed by atoms with van der Waals surface area (Å²) in [6.45, 7) is 0.397. The van der Waals surface area contributed by atoms with Gasteiger partial charge >= 0.3 is 0 Å². The number of aryl methyl sites for hydroxylation is 1. The largest absolute Gasteiger partial charge is 0.396 e. The molecule has 1 amide bonds. The number of carbonyl (C=O) groups is 1. The minimum Gasteiger partial charge on any atom is -0.396 e. The first-order valence-corrected chi connectivity index (χ1v) is 4.99. The molecule has 17 heavy (non-hydrogen) atoms. The summed E-state index contributed by atoms with van der Waals surface area (Å²) in [6, 6.07) is 0. The zero-order chi connectivity index (χ0) is 12.3. The minimum atomic E-state index is -0.313. The molecule has 0 spiro atoms. The number of amides is 1. The van der Waals surface area contributed by atoms with E-state index < -0.39 is 0 Å². The van der Waals surface area contributed by atoms with Crippen LogP contribution in [0.15, 0.2) is 17.1 Å². The molecule has 3 N–H and O–H groups in total. The molecule has 8 heteroatoms. The fourth-order valence-electron chi connectivity index (χ4n) is 1.36. The predicted molar refractivity (Wildman–Crippen MR) is 58.0 cm³/mol. The van der Waals surface area contributed by atoms with Crippen molar-refractivity contribution in [3.63, 3.8) is 0 Å². The van der Waals surface area contributed by atoms with Crippen molar-refractivity contribution in [3.05, 3.63) is 24.1 Å². The van der Waals surface area contributed by atoms with Gasteiger partial charge in [0.1, 0.15) is 0 Å². The first-order chi connectivity index (χ1) is 8.16. The second kappa shape index (κ2) is 4.64. The summed E-state index contributed by atoms with van der Waals surface area (Å²) in [5, 5.41) is 10.3. The second-order valence-electron chi connectivity index (χ2n) is 3.46. The molecular formula is C9H12N6O2. The second-order valence-corrected chi connectivity index (χ2v) is 3.46. The SMILES string of the molecule is Cn1cc(N)c(C(=O)NCCc2ncon2)n1. The van der Waals surface area contributed by atoms with Crippen LogP contribution < -0.4 is 11.1 Å². The van der Waals surface area contributed by atoms with Crippen molar-refractivity contribution in [2.75, 3.05) is 12.3 Å². The average molecular weight is 236 g/mol. The minimum absolute atomic E-state index is 0.223. The van der Waals surface area contributed by atoms with E-state index in [1.807, 2.05) is 0 Å². The van der Waals surface area contributed by atoms with Gasteiger partial charge in [0.2, 0.25) is 6.39 Å². The van der Waals surface area contributed by atoms with Gasteiger partial charge < -0.3 is 15.6 Å². The Hall–Kier alpha value is -2.38. The van der Waals surface area contributed by atoms with Gasteiger partial charge in [0, 0.05) is 26.2 Å². The number of carbonyl (C=O) groups excluding carboxylic acids is 1. The van der Waals surface area contributed by atoms with Crippen LogP contribution in [-0.4, -0.2) is 32.4 Å². The van der Waals surface area contributed by atoms with Gasteiger partial charge in [-0.3, -0.25) is 9.48 Å². The molecule has 0 aromatic carbocycles. The number of anilines is 1. The molecule has 2 rings (SSSR count). The summed E-state index contributed by atoms with van der Waals surface area (Å²) in [5.74, 6) is 0.228. The lowest BCUT2D eigenvalue weighted by Gasteiger charge is -2.01. The van der Waals surface area contributed by atoms with Crippen LogP contribution in [0.25, 0.3) is 0 Å². The van der Waals surface area contributed by atoms with Crippen LogP contribution in [0.5, 0.6) is 0 Å². The third kappa shape index (κ3) is 2.60. The van der Waals surface area contributed by atoms with Crippen LogP contribution >= 0.6 is 0 Å². The number of rotatable bonds is 4. The van der Waals surface area contributed by atoms with Gasteiger partial charge in [0.25, 0.3) is 5.91 Å². The smallest absolute Gasteiger partial charge is 0.273 e. The fourth-order valence-corrected chi connectivity index (χ4v) is 1.36. The van der Waals surface area contributed by atoms with E-state index in [4.69, 9.17) is 5.73 Å². The standard InChI is InChI=1S/C9H12N6O2/c1-15-4-6(10)8(13-15)9(16)11-3-2-7-12-5-17-14-7/h4-5H,2-3,10H2,1H3,(H,11,16). The predicted octanol–water partition coefficient (Wildman–Crippen LogP) is -0.642. The van der Waals surface area contributed by atoms with Crippen molar-refractivity contribution in [2.24, 2.45) is 7.05 Å². The van der Waals surface area contributed by atoms with E-state index in [1.54, 1.807) is 13.2 Å². The molecule has 0 saturated heterocycles. The highest BCUT2D eigenvalue weighted by Crippen LogP contribution is 2.07. The summed E-state index contributed by atoms with van der Waals surface area (Å²) >= 11 is 0. The molecule has 0 aliphatic heterocycles. The number of nitrogens with one attached hydrogen (secondary N) is 1. The molecule has 0 unspecified atom stereocenters. The highest BCUT2D eigenvalue weighted by Gasteiger charge is 2.13. The summed E-state index contributed by atoms with van der Waals surface area (Å²) < 4.78 is 6.06. The van der Waals surface area contributed by atoms with Crippen molar-refractivity contribution >= 4 is 11.6 Å². The maximum atomic E-state index is 11.7. The molecule has 2 heterocycles. The molecular weight excluding hydrogens is 224 g/mol. The zero-order valence-corrected chi connectivity index (χ0v) is 9.25. The maximum absolute atomic E-state index is 11.7. The molecule has 0 bridgehead atoms. The van der Waals surface area contributed by atoms with Gasteiger partial charge in [0.15, 0.2) is 11.5 Å². The topological polar surface area (TPSA) is 112 Å². The lowest BCUT2D eigenvalue weighted by Crippen LogP contribution is -2.27. The lowest BCUT2D eigenvalue weighted by atomic mass is 10.3. The lowest BCUT2D eigenvalue weighted by molar-refractivity contribution is 0.0949. The van der Waals surface area contributed by atoms with E-state index in [-0.39, 0.29) is 11.6 Å². The number of nitrogens with zero attached hydrogens (tertiary/aromatic N) is 4. The van der Waals surface area contributed by atoms with E-state index >= 15 is 0 Å². The van der Waals surface area contributed by atoms with Gasteiger partial charge in [-0.15, -0.1) is 0 Å². The van der Waals surface area contributed by atoms with Crippen molar-refractivity contribution in [3.8, 4) is 0 Å². The number of hydrogen-bond acceptors (Lipinski definition) is 6. The quantitative estimate of drug-likeness (QED) is 0.730. The van der Waals surface area contributed by atoms with Crippen molar-refractivity contribution in [1.29, 1.82) is 0 Å². The summed E-state index contributed by atoms with van der Waals surface area (Å²) in [7, 11) is 1.70. The molecule has 0 saturated carbocycles. The van der Waals surface area contributed by atoms with E-state index in [0.717, 1.165) is 0 Å². The van der Waals surface area contributed by atoms with Gasteiger partial charge in [-0.25, -0.2) is 0 Å². The molecule has 0 aliphatic carbocycles. The van der Waals surface area contributed by atoms with Crippen LogP contribution in [-0.2, 0) is 13.5 Å². The van der Waals surface area contributed by atoms with Gasteiger partial charge in [-0.05, 0) is 0 Å². The van der Waals surface area contributed by atoms with Gasteiger partial charge in [-0.2, -0.15) is 10.1 Å². The molecule has 90 valence electrons. The van der Waals surface area contributed by atoms with E-state index in [9.17, 15) is 4.79 Å². The first-order valence-electron chi connectivity index (χ1n) is 4.99. The van der Waals surface area contributed by atoms with E-state index in [0.29, 0.717) is 24.5 Å². The third-order valence-corrected chi connectivity index (χ3v) is 2.11. The fraction of sp³-hybridized carbons (Fsp3) is 0.333. The van der Waals surface area contributed by atoms with Gasteiger partial charge in [-0.1, -0.05) is 5.16 Å². The van der Waals surface area contributed by atoms with Crippen molar-refractivity contribution in [2.45, 2.75) is 6.42 Å². The monoisotopic (exact) mass is 236 g/mol. The zero-order valence-electron chi connectivity index (χ0n) is 9.25. The van der Waals surface area contributed by atoms with E-state index in [2.05, 4.69) is 25.1 Å². The summed E-state index contributed by atoms with van der Waals surface area (Å²) in [6.07, 6.45) is 3.32. The molecule has 8 nitrogen and oxygen atoms in total. The Morgan fingerprint density at radius 3 is 3.06 bits per heavy atom. The molecule has 0 radical (unpaired) electrons. The number of hydrogen-bond donors (Lipinski definition) is 2. The average Bonchev–Trinajstić information content (AvgIpc) is 2.88. The van der Waals surface area contributed by atoms with Crippen molar-refractivity contribution in [1.82, 2.24) is 25.2 Å². The molecule has 0 atom stereocenters.